The molecule has 0 atom stereocenters. The minimum absolute atomic E-state index is 0.187. The second-order valence-electron chi connectivity index (χ2n) is 4.05. The highest BCUT2D eigenvalue weighted by Crippen LogP contribution is 2.14. The summed E-state index contributed by atoms with van der Waals surface area (Å²) in [6.07, 6.45) is 2.77. The van der Waals surface area contributed by atoms with Crippen molar-refractivity contribution in [1.82, 2.24) is 0 Å². The minimum atomic E-state index is -0.369. The van der Waals surface area contributed by atoms with Gasteiger partial charge in [0.15, 0.2) is 5.78 Å². The number of rotatable bonds is 5. The third-order valence-corrected chi connectivity index (χ3v) is 2.70. The Labute approximate surface area is 116 Å². The monoisotopic (exact) mass is 271 g/mol. The summed E-state index contributed by atoms with van der Waals surface area (Å²) in [5.74, 6) is 0.0602. The van der Waals surface area contributed by atoms with Gasteiger partial charge in [-0.05, 0) is 24.3 Å². The SMILES string of the molecule is COc1cccc(C(=O)C=CNc2ccccc2F)c1. The van der Waals surface area contributed by atoms with Crippen LogP contribution in [-0.4, -0.2) is 12.9 Å². The minimum Gasteiger partial charge on any atom is -0.497 e. The predicted molar refractivity (Wildman–Crippen MR) is 76.5 cm³/mol. The molecule has 0 spiro atoms. The number of anilines is 1. The van der Waals surface area contributed by atoms with Gasteiger partial charge >= 0.3 is 0 Å². The number of para-hydroxylation sites is 1. The highest BCUT2D eigenvalue weighted by Gasteiger charge is 2.03. The van der Waals surface area contributed by atoms with Crippen molar-refractivity contribution in [3.63, 3.8) is 0 Å². The fourth-order valence-corrected chi connectivity index (χ4v) is 1.66. The number of carbonyl (C=O) groups is 1. The van der Waals surface area contributed by atoms with Crippen LogP contribution in [0.4, 0.5) is 10.1 Å². The molecule has 0 radical (unpaired) electrons. The molecule has 0 unspecified atom stereocenters. The number of nitrogens with one attached hydrogen (secondary N) is 1. The summed E-state index contributed by atoms with van der Waals surface area (Å²) in [5.41, 5.74) is 0.832. The van der Waals surface area contributed by atoms with Crippen LogP contribution in [0.5, 0.6) is 5.75 Å². The molecule has 0 saturated carbocycles. The molecule has 0 amide bonds. The summed E-state index contributed by atoms with van der Waals surface area (Å²) in [4.78, 5) is 11.9. The van der Waals surface area contributed by atoms with Gasteiger partial charge in [-0.25, -0.2) is 4.39 Å². The van der Waals surface area contributed by atoms with Crippen LogP contribution in [0.15, 0.2) is 60.8 Å². The summed E-state index contributed by atoms with van der Waals surface area (Å²) in [6.45, 7) is 0. The zero-order valence-corrected chi connectivity index (χ0v) is 11.0. The van der Waals surface area contributed by atoms with E-state index in [9.17, 15) is 9.18 Å². The van der Waals surface area contributed by atoms with Crippen molar-refractivity contribution in [2.45, 2.75) is 0 Å². The van der Waals surface area contributed by atoms with Crippen molar-refractivity contribution >= 4 is 11.5 Å². The largest absolute Gasteiger partial charge is 0.497 e. The number of methoxy groups -OCH3 is 1. The average Bonchev–Trinajstić information content (AvgIpc) is 2.49. The first-order valence-electron chi connectivity index (χ1n) is 6.06. The second-order valence-corrected chi connectivity index (χ2v) is 4.05. The van der Waals surface area contributed by atoms with Gasteiger partial charge in [-0.15, -0.1) is 0 Å². The van der Waals surface area contributed by atoms with Gasteiger partial charge in [0, 0.05) is 17.8 Å². The highest BCUT2D eigenvalue weighted by atomic mass is 19.1. The Morgan fingerprint density at radius 1 is 1.20 bits per heavy atom. The normalized spacial score (nSPS) is 10.5. The van der Waals surface area contributed by atoms with Gasteiger partial charge in [-0.3, -0.25) is 4.79 Å². The number of hydrogen-bond donors (Lipinski definition) is 1. The third kappa shape index (κ3) is 3.45. The lowest BCUT2D eigenvalue weighted by Crippen LogP contribution is -1.97. The maximum atomic E-state index is 13.3. The standard InChI is InChI=1S/C16H14FNO2/c1-20-13-6-4-5-12(11-13)16(19)9-10-18-15-8-3-2-7-14(15)17/h2-11,18H,1H3. The van der Waals surface area contributed by atoms with E-state index in [-0.39, 0.29) is 11.6 Å². The molecular formula is C16H14FNO2. The highest BCUT2D eigenvalue weighted by molar-refractivity contribution is 6.04. The van der Waals surface area contributed by atoms with E-state index < -0.39 is 0 Å². The number of ketones is 1. The maximum absolute atomic E-state index is 13.3. The van der Waals surface area contributed by atoms with Crippen LogP contribution in [0.1, 0.15) is 10.4 Å². The third-order valence-electron chi connectivity index (χ3n) is 2.70. The van der Waals surface area contributed by atoms with Crippen molar-refractivity contribution in [2.24, 2.45) is 0 Å². The summed E-state index contributed by atoms with van der Waals surface area (Å²) < 4.78 is 18.4. The van der Waals surface area contributed by atoms with Gasteiger partial charge in [0.25, 0.3) is 0 Å². The molecule has 2 rings (SSSR count). The second kappa shape index (κ2) is 6.52. The van der Waals surface area contributed by atoms with Crippen molar-refractivity contribution in [3.8, 4) is 5.75 Å². The lowest BCUT2D eigenvalue weighted by molar-refractivity contribution is 0.104. The van der Waals surface area contributed by atoms with E-state index in [4.69, 9.17) is 4.74 Å². The van der Waals surface area contributed by atoms with E-state index in [1.54, 1.807) is 49.6 Å². The Balaban J connectivity index is 2.04. The molecule has 0 aliphatic carbocycles. The molecule has 3 nitrogen and oxygen atoms in total. The quantitative estimate of drug-likeness (QED) is 0.666. The van der Waals surface area contributed by atoms with E-state index in [2.05, 4.69) is 5.32 Å². The molecule has 1 N–H and O–H groups in total. The Hall–Kier alpha value is -2.62. The molecule has 0 heterocycles. The van der Waals surface area contributed by atoms with Gasteiger partial charge in [0.2, 0.25) is 0 Å². The van der Waals surface area contributed by atoms with Crippen molar-refractivity contribution in [2.75, 3.05) is 12.4 Å². The zero-order chi connectivity index (χ0) is 14.4. The van der Waals surface area contributed by atoms with Gasteiger partial charge in [0.05, 0.1) is 12.8 Å². The number of ether oxygens (including phenoxy) is 1. The molecule has 0 bridgehead atoms. The van der Waals surface area contributed by atoms with Crippen LogP contribution >= 0.6 is 0 Å². The van der Waals surface area contributed by atoms with Gasteiger partial charge < -0.3 is 10.1 Å². The van der Waals surface area contributed by atoms with Crippen LogP contribution in [0.25, 0.3) is 0 Å². The molecule has 0 aliphatic rings. The summed E-state index contributed by atoms with van der Waals surface area (Å²) in [7, 11) is 1.54. The number of halogens is 1. The summed E-state index contributed by atoms with van der Waals surface area (Å²) in [5, 5.41) is 2.73. The van der Waals surface area contributed by atoms with Crippen LogP contribution in [0.2, 0.25) is 0 Å². The average molecular weight is 271 g/mol. The van der Waals surface area contributed by atoms with Gasteiger partial charge in [0.1, 0.15) is 11.6 Å². The molecule has 0 fully saturated rings. The van der Waals surface area contributed by atoms with Crippen LogP contribution in [0, 0.1) is 5.82 Å². The Bertz CT molecular complexity index is 638. The van der Waals surface area contributed by atoms with Crippen molar-refractivity contribution < 1.29 is 13.9 Å². The fourth-order valence-electron chi connectivity index (χ4n) is 1.66. The maximum Gasteiger partial charge on any atom is 0.187 e. The number of carbonyl (C=O) groups excluding carboxylic acids is 1. The topological polar surface area (TPSA) is 38.3 Å². The number of hydrogen-bond acceptors (Lipinski definition) is 3. The molecule has 102 valence electrons. The zero-order valence-electron chi connectivity index (χ0n) is 11.0. The molecule has 4 heteroatoms. The van der Waals surface area contributed by atoms with Crippen LogP contribution < -0.4 is 10.1 Å². The van der Waals surface area contributed by atoms with Crippen LogP contribution in [-0.2, 0) is 0 Å². The van der Waals surface area contributed by atoms with E-state index in [0.717, 1.165) is 0 Å². The van der Waals surface area contributed by atoms with E-state index in [0.29, 0.717) is 17.0 Å². The van der Waals surface area contributed by atoms with Crippen molar-refractivity contribution in [3.05, 3.63) is 72.2 Å². The molecular weight excluding hydrogens is 257 g/mol. The molecule has 0 aliphatic heterocycles. The van der Waals surface area contributed by atoms with Gasteiger partial charge in [-0.2, -0.15) is 0 Å². The van der Waals surface area contributed by atoms with Crippen LogP contribution in [0.3, 0.4) is 0 Å². The predicted octanol–water partition coefficient (Wildman–Crippen LogP) is 3.64. The Morgan fingerprint density at radius 2 is 2.00 bits per heavy atom. The number of allylic oxidation sites excluding steroid dienone is 1. The smallest absolute Gasteiger partial charge is 0.187 e. The molecule has 0 saturated heterocycles. The van der Waals surface area contributed by atoms with Crippen molar-refractivity contribution in [1.29, 1.82) is 0 Å². The Kier molecular flexibility index (Phi) is 4.50. The first-order valence-corrected chi connectivity index (χ1v) is 6.06. The lowest BCUT2D eigenvalue weighted by atomic mass is 10.1. The summed E-state index contributed by atoms with van der Waals surface area (Å²) in [6, 6.07) is 13.1. The first kappa shape index (κ1) is 13.8. The van der Waals surface area contributed by atoms with E-state index in [1.807, 2.05) is 0 Å². The number of benzene rings is 2. The van der Waals surface area contributed by atoms with E-state index in [1.165, 1.54) is 18.3 Å². The first-order chi connectivity index (χ1) is 9.70. The fraction of sp³-hybridized carbons (Fsp3) is 0.0625. The Morgan fingerprint density at radius 3 is 2.75 bits per heavy atom. The summed E-state index contributed by atoms with van der Waals surface area (Å²) >= 11 is 0. The van der Waals surface area contributed by atoms with E-state index >= 15 is 0 Å². The van der Waals surface area contributed by atoms with Gasteiger partial charge in [-0.1, -0.05) is 24.3 Å². The molecule has 0 aromatic heterocycles. The molecule has 2 aromatic rings. The lowest BCUT2D eigenvalue weighted by Gasteiger charge is -2.02. The molecule has 2 aromatic carbocycles. The molecule has 20 heavy (non-hydrogen) atoms.